The predicted molar refractivity (Wildman–Crippen MR) is 65.5 cm³/mol. The summed E-state index contributed by atoms with van der Waals surface area (Å²) in [6, 6.07) is 3.03. The van der Waals surface area contributed by atoms with Crippen LogP contribution in [0, 0.1) is 0 Å². The van der Waals surface area contributed by atoms with Crippen LogP contribution >= 0.6 is 24.2 Å². The van der Waals surface area contributed by atoms with E-state index in [-0.39, 0.29) is 16.7 Å². The van der Waals surface area contributed by atoms with E-state index in [0.29, 0.717) is 10.5 Å². The second kappa shape index (κ2) is 4.55. The topological polar surface area (TPSA) is 40.5 Å². The lowest BCUT2D eigenvalue weighted by Crippen LogP contribution is -2.27. The lowest BCUT2D eigenvalue weighted by Gasteiger charge is -2.15. The molecule has 1 fully saturated rings. The van der Waals surface area contributed by atoms with Crippen LogP contribution in [-0.2, 0) is 0 Å². The van der Waals surface area contributed by atoms with Crippen molar-refractivity contribution in [2.24, 2.45) is 0 Å². The Morgan fingerprint density at radius 2 is 2.00 bits per heavy atom. The molecule has 1 aromatic rings. The van der Waals surface area contributed by atoms with Crippen LogP contribution < -0.4 is 0 Å². The maximum absolute atomic E-state index is 12.0. The van der Waals surface area contributed by atoms with Crippen LogP contribution in [-0.4, -0.2) is 29.0 Å². The number of nitrogens with zero attached hydrogens (tertiary/aromatic N) is 1. The van der Waals surface area contributed by atoms with Crippen molar-refractivity contribution in [1.29, 1.82) is 0 Å². The number of hydrogen-bond acceptors (Lipinski definition) is 3. The number of benzene rings is 1. The second-order valence-electron chi connectivity index (χ2n) is 3.83. The largest absolute Gasteiger partial charge is 0.505 e. The molecule has 3 nitrogen and oxygen atoms in total. The van der Waals surface area contributed by atoms with Crippen LogP contribution in [0.3, 0.4) is 0 Å². The van der Waals surface area contributed by atoms with Crippen molar-refractivity contribution in [3.8, 4) is 5.75 Å². The summed E-state index contributed by atoms with van der Waals surface area (Å²) in [5.41, 5.74) is 0.481. The van der Waals surface area contributed by atoms with Gasteiger partial charge in [0.25, 0.3) is 5.91 Å². The minimum atomic E-state index is -0.0806. The van der Waals surface area contributed by atoms with Crippen LogP contribution in [0.15, 0.2) is 17.0 Å². The molecule has 5 heteroatoms. The molecular formula is C11H12ClNO2S. The van der Waals surface area contributed by atoms with Gasteiger partial charge in [-0.1, -0.05) is 11.6 Å². The summed E-state index contributed by atoms with van der Waals surface area (Å²) in [4.78, 5) is 14.1. The first kappa shape index (κ1) is 11.6. The minimum absolute atomic E-state index is 0.0466. The Morgan fingerprint density at radius 3 is 2.56 bits per heavy atom. The third-order valence-corrected chi connectivity index (χ3v) is 3.31. The van der Waals surface area contributed by atoms with Crippen molar-refractivity contribution in [2.45, 2.75) is 17.7 Å². The molecule has 0 spiro atoms. The lowest BCUT2D eigenvalue weighted by molar-refractivity contribution is 0.0792. The van der Waals surface area contributed by atoms with E-state index in [0.717, 1.165) is 25.9 Å². The van der Waals surface area contributed by atoms with Crippen LogP contribution in [0.1, 0.15) is 23.2 Å². The maximum Gasteiger partial charge on any atom is 0.253 e. The summed E-state index contributed by atoms with van der Waals surface area (Å²) in [5, 5.41) is 9.61. The molecule has 0 saturated carbocycles. The number of aromatic hydroxyl groups is 1. The Kier molecular flexibility index (Phi) is 3.30. The van der Waals surface area contributed by atoms with E-state index < -0.39 is 0 Å². The number of likely N-dealkylation sites (tertiary alicyclic amines) is 1. The van der Waals surface area contributed by atoms with Crippen molar-refractivity contribution >= 4 is 30.1 Å². The zero-order chi connectivity index (χ0) is 11.7. The molecule has 1 heterocycles. The first-order chi connectivity index (χ1) is 7.59. The SMILES string of the molecule is O=C(c1cc(S)c(O)c(Cl)c1)N1CCCC1. The monoisotopic (exact) mass is 257 g/mol. The summed E-state index contributed by atoms with van der Waals surface area (Å²) < 4.78 is 0. The number of thiol groups is 1. The molecule has 1 aliphatic heterocycles. The molecule has 1 aliphatic rings. The quantitative estimate of drug-likeness (QED) is 0.760. The molecule has 0 bridgehead atoms. The molecule has 0 aliphatic carbocycles. The van der Waals surface area contributed by atoms with E-state index in [1.54, 1.807) is 11.0 Å². The number of hydrogen-bond donors (Lipinski definition) is 2. The Bertz CT molecular complexity index is 407. The molecule has 86 valence electrons. The number of carbonyl (C=O) groups excluding carboxylic acids is 1. The summed E-state index contributed by atoms with van der Waals surface area (Å²) >= 11 is 9.87. The molecule has 0 aromatic heterocycles. The molecule has 1 aromatic carbocycles. The van der Waals surface area contributed by atoms with Gasteiger partial charge < -0.3 is 10.0 Å². The van der Waals surface area contributed by atoms with Gasteiger partial charge in [0.2, 0.25) is 0 Å². The summed E-state index contributed by atoms with van der Waals surface area (Å²) in [6.07, 6.45) is 2.09. The Morgan fingerprint density at radius 1 is 1.38 bits per heavy atom. The fraction of sp³-hybridized carbons (Fsp3) is 0.364. The Balaban J connectivity index is 2.29. The van der Waals surface area contributed by atoms with Crippen LogP contribution in [0.5, 0.6) is 5.75 Å². The number of halogens is 1. The van der Waals surface area contributed by atoms with Gasteiger partial charge in [-0.3, -0.25) is 4.79 Å². The normalized spacial score (nSPS) is 15.5. The number of rotatable bonds is 1. The van der Waals surface area contributed by atoms with Crippen molar-refractivity contribution < 1.29 is 9.90 Å². The van der Waals surface area contributed by atoms with Crippen molar-refractivity contribution in [2.75, 3.05) is 13.1 Å². The van der Waals surface area contributed by atoms with E-state index in [9.17, 15) is 9.90 Å². The van der Waals surface area contributed by atoms with E-state index in [1.807, 2.05) is 0 Å². The van der Waals surface area contributed by atoms with Crippen molar-refractivity contribution in [1.82, 2.24) is 4.90 Å². The zero-order valence-electron chi connectivity index (χ0n) is 8.61. The third-order valence-electron chi connectivity index (χ3n) is 2.68. The molecule has 1 N–H and O–H groups in total. The van der Waals surface area contributed by atoms with Gasteiger partial charge in [0.05, 0.1) is 5.02 Å². The molecular weight excluding hydrogens is 246 g/mol. The molecule has 0 unspecified atom stereocenters. The standard InChI is InChI=1S/C11H12ClNO2S/c12-8-5-7(6-9(16)10(8)14)11(15)13-3-1-2-4-13/h5-6,14,16H,1-4H2. The highest BCUT2D eigenvalue weighted by molar-refractivity contribution is 7.80. The Hall–Kier alpha value is -0.870. The van der Waals surface area contributed by atoms with Crippen LogP contribution in [0.4, 0.5) is 0 Å². The zero-order valence-corrected chi connectivity index (χ0v) is 10.3. The van der Waals surface area contributed by atoms with Gasteiger partial charge in [0.1, 0.15) is 5.75 Å². The first-order valence-corrected chi connectivity index (χ1v) is 5.93. The summed E-state index contributed by atoms with van der Waals surface area (Å²) in [7, 11) is 0. The van der Waals surface area contributed by atoms with Gasteiger partial charge in [-0.05, 0) is 25.0 Å². The molecule has 0 radical (unpaired) electrons. The summed E-state index contributed by atoms with van der Waals surface area (Å²) in [6.45, 7) is 1.58. The van der Waals surface area contributed by atoms with E-state index in [2.05, 4.69) is 12.6 Å². The van der Waals surface area contributed by atoms with Crippen molar-refractivity contribution in [3.63, 3.8) is 0 Å². The molecule has 2 rings (SSSR count). The average molecular weight is 258 g/mol. The first-order valence-electron chi connectivity index (χ1n) is 5.10. The Labute approximate surface area is 104 Å². The van der Waals surface area contributed by atoms with Gasteiger partial charge in [-0.15, -0.1) is 12.6 Å². The van der Waals surface area contributed by atoms with E-state index in [4.69, 9.17) is 11.6 Å². The van der Waals surface area contributed by atoms with Gasteiger partial charge in [0, 0.05) is 23.5 Å². The smallest absolute Gasteiger partial charge is 0.253 e. The van der Waals surface area contributed by atoms with E-state index in [1.165, 1.54) is 6.07 Å². The third kappa shape index (κ3) is 2.13. The molecule has 0 atom stereocenters. The maximum atomic E-state index is 12.0. The fourth-order valence-electron chi connectivity index (χ4n) is 1.81. The number of carbonyl (C=O) groups is 1. The predicted octanol–water partition coefficient (Wildman–Crippen LogP) is 2.57. The van der Waals surface area contributed by atoms with Gasteiger partial charge in [0.15, 0.2) is 0 Å². The highest BCUT2D eigenvalue weighted by Crippen LogP contribution is 2.32. The number of phenols is 1. The van der Waals surface area contributed by atoms with Crippen molar-refractivity contribution in [3.05, 3.63) is 22.7 Å². The van der Waals surface area contributed by atoms with E-state index >= 15 is 0 Å². The number of phenolic OH excluding ortho intramolecular Hbond substituents is 1. The highest BCUT2D eigenvalue weighted by Gasteiger charge is 2.20. The lowest BCUT2D eigenvalue weighted by atomic mass is 10.2. The molecule has 1 saturated heterocycles. The number of amides is 1. The van der Waals surface area contributed by atoms with Gasteiger partial charge in [-0.2, -0.15) is 0 Å². The van der Waals surface area contributed by atoms with Gasteiger partial charge >= 0.3 is 0 Å². The molecule has 1 amide bonds. The second-order valence-corrected chi connectivity index (χ2v) is 4.71. The fourth-order valence-corrected chi connectivity index (χ4v) is 2.36. The van der Waals surface area contributed by atoms with Crippen LogP contribution in [0.2, 0.25) is 5.02 Å². The highest BCUT2D eigenvalue weighted by atomic mass is 35.5. The molecule has 16 heavy (non-hydrogen) atoms. The van der Waals surface area contributed by atoms with Gasteiger partial charge in [-0.25, -0.2) is 0 Å². The summed E-state index contributed by atoms with van der Waals surface area (Å²) in [5.74, 6) is -0.127. The average Bonchev–Trinajstić information content (AvgIpc) is 2.77. The minimum Gasteiger partial charge on any atom is -0.505 e. The van der Waals surface area contributed by atoms with Crippen LogP contribution in [0.25, 0.3) is 0 Å².